The maximum Gasteiger partial charge on any atom is 0.275 e. The van der Waals surface area contributed by atoms with Gasteiger partial charge in [0.05, 0.1) is 12.8 Å². The fourth-order valence-corrected chi connectivity index (χ4v) is 1.58. The number of anilines is 1. The van der Waals surface area contributed by atoms with E-state index in [-0.39, 0.29) is 0 Å². The van der Waals surface area contributed by atoms with E-state index < -0.39 is 0 Å². The molecule has 0 aliphatic carbocycles. The molecule has 1 rings (SSSR count). The maximum absolute atomic E-state index is 5.51. The van der Waals surface area contributed by atoms with Crippen molar-refractivity contribution in [2.24, 2.45) is 0 Å². The molecular formula is C9H16N2OS. The van der Waals surface area contributed by atoms with E-state index in [0.717, 1.165) is 13.0 Å². The molecule has 1 aromatic rings. The average molecular weight is 200 g/mol. The Kier molecular flexibility index (Phi) is 4.60. The lowest BCUT2D eigenvalue weighted by Crippen LogP contribution is -1.96. The second kappa shape index (κ2) is 5.80. The zero-order valence-electron chi connectivity index (χ0n) is 7.95. The number of thiazole rings is 1. The van der Waals surface area contributed by atoms with Crippen LogP contribution >= 0.6 is 11.3 Å². The molecule has 0 atom stereocenters. The highest BCUT2D eigenvalue weighted by Crippen LogP contribution is 2.22. The maximum atomic E-state index is 5.51. The van der Waals surface area contributed by atoms with Gasteiger partial charge in [-0.05, 0) is 6.42 Å². The summed E-state index contributed by atoms with van der Waals surface area (Å²) in [7, 11) is 0. The second-order valence-corrected chi connectivity index (χ2v) is 3.96. The highest BCUT2D eigenvalue weighted by Gasteiger charge is 1.98. The molecule has 0 saturated carbocycles. The fraction of sp³-hybridized carbons (Fsp3) is 0.667. The van der Waals surface area contributed by atoms with Gasteiger partial charge in [0.2, 0.25) is 0 Å². The van der Waals surface area contributed by atoms with Gasteiger partial charge in [0.1, 0.15) is 5.00 Å². The Morgan fingerprint density at radius 2 is 2.31 bits per heavy atom. The summed E-state index contributed by atoms with van der Waals surface area (Å²) in [6.45, 7) is 2.95. The summed E-state index contributed by atoms with van der Waals surface area (Å²) in [6, 6.07) is 0. The van der Waals surface area contributed by atoms with E-state index in [1.54, 1.807) is 6.20 Å². The van der Waals surface area contributed by atoms with Crippen molar-refractivity contribution in [3.63, 3.8) is 0 Å². The molecule has 0 aromatic carbocycles. The van der Waals surface area contributed by atoms with Crippen LogP contribution in [0.5, 0.6) is 5.19 Å². The summed E-state index contributed by atoms with van der Waals surface area (Å²) in [5.41, 5.74) is 5.51. The number of hydrogen-bond donors (Lipinski definition) is 1. The molecule has 0 amide bonds. The van der Waals surface area contributed by atoms with Crippen molar-refractivity contribution >= 4 is 16.3 Å². The number of rotatable bonds is 6. The Hall–Kier alpha value is -0.770. The van der Waals surface area contributed by atoms with Crippen molar-refractivity contribution in [2.45, 2.75) is 32.6 Å². The number of hydrogen-bond acceptors (Lipinski definition) is 4. The molecule has 2 N–H and O–H groups in total. The van der Waals surface area contributed by atoms with Gasteiger partial charge in [-0.15, -0.1) is 0 Å². The van der Waals surface area contributed by atoms with Crippen LogP contribution in [-0.2, 0) is 0 Å². The summed E-state index contributed by atoms with van der Waals surface area (Å²) in [6.07, 6.45) is 6.50. The quantitative estimate of drug-likeness (QED) is 0.718. The Morgan fingerprint density at radius 3 is 2.92 bits per heavy atom. The number of nitrogens with zero attached hydrogens (tertiary/aromatic N) is 1. The Bertz CT molecular complexity index is 237. The third-order valence-electron chi connectivity index (χ3n) is 1.73. The zero-order chi connectivity index (χ0) is 9.52. The van der Waals surface area contributed by atoms with Crippen molar-refractivity contribution in [1.29, 1.82) is 0 Å². The standard InChI is InChI=1S/C9H16N2OS/c1-2-3-4-5-6-12-9-11-7-8(10)13-9/h7H,2-6,10H2,1H3. The smallest absolute Gasteiger partial charge is 0.275 e. The number of nitrogen functional groups attached to an aromatic ring is 1. The number of unbranched alkanes of at least 4 members (excludes halogenated alkanes) is 3. The van der Waals surface area contributed by atoms with E-state index in [9.17, 15) is 0 Å². The molecule has 0 bridgehead atoms. The first-order chi connectivity index (χ1) is 6.33. The summed E-state index contributed by atoms with van der Waals surface area (Å²) in [5, 5.41) is 1.40. The third kappa shape index (κ3) is 4.12. The molecular weight excluding hydrogens is 184 g/mol. The van der Waals surface area contributed by atoms with Gasteiger partial charge < -0.3 is 10.5 Å². The molecule has 1 heterocycles. The third-order valence-corrected chi connectivity index (χ3v) is 2.46. The van der Waals surface area contributed by atoms with Gasteiger partial charge in [-0.25, -0.2) is 4.98 Å². The van der Waals surface area contributed by atoms with Crippen LogP contribution in [-0.4, -0.2) is 11.6 Å². The summed E-state index contributed by atoms with van der Waals surface area (Å²) < 4.78 is 5.40. The Morgan fingerprint density at radius 1 is 1.46 bits per heavy atom. The van der Waals surface area contributed by atoms with Crippen LogP contribution in [0.1, 0.15) is 32.6 Å². The summed E-state index contributed by atoms with van der Waals surface area (Å²) >= 11 is 1.40. The highest BCUT2D eigenvalue weighted by atomic mass is 32.1. The van der Waals surface area contributed by atoms with Crippen molar-refractivity contribution in [2.75, 3.05) is 12.3 Å². The number of nitrogens with two attached hydrogens (primary N) is 1. The van der Waals surface area contributed by atoms with Crippen LogP contribution in [0.15, 0.2) is 6.20 Å². The SMILES string of the molecule is CCCCCCOc1ncc(N)s1. The van der Waals surface area contributed by atoms with Gasteiger partial charge in [0.25, 0.3) is 5.19 Å². The van der Waals surface area contributed by atoms with Crippen molar-refractivity contribution in [1.82, 2.24) is 4.98 Å². The summed E-state index contributed by atoms with van der Waals surface area (Å²) in [4.78, 5) is 4.00. The molecule has 0 spiro atoms. The molecule has 3 nitrogen and oxygen atoms in total. The van der Waals surface area contributed by atoms with Gasteiger partial charge in [-0.2, -0.15) is 0 Å². The van der Waals surface area contributed by atoms with Gasteiger partial charge in [-0.3, -0.25) is 0 Å². The van der Waals surface area contributed by atoms with E-state index >= 15 is 0 Å². The van der Waals surface area contributed by atoms with E-state index in [2.05, 4.69) is 11.9 Å². The fourth-order valence-electron chi connectivity index (χ4n) is 1.02. The molecule has 0 radical (unpaired) electrons. The van der Waals surface area contributed by atoms with Crippen LogP contribution in [0.3, 0.4) is 0 Å². The van der Waals surface area contributed by atoms with Crippen LogP contribution in [0.2, 0.25) is 0 Å². The molecule has 0 unspecified atom stereocenters. The van der Waals surface area contributed by atoms with Gasteiger partial charge in [-0.1, -0.05) is 37.5 Å². The van der Waals surface area contributed by atoms with Crippen molar-refractivity contribution < 1.29 is 4.74 Å². The van der Waals surface area contributed by atoms with Gasteiger partial charge in [0.15, 0.2) is 0 Å². The predicted octanol–water partition coefficient (Wildman–Crippen LogP) is 2.68. The largest absolute Gasteiger partial charge is 0.470 e. The lowest BCUT2D eigenvalue weighted by molar-refractivity contribution is 0.303. The first-order valence-electron chi connectivity index (χ1n) is 4.67. The van der Waals surface area contributed by atoms with E-state index in [1.807, 2.05) is 0 Å². The number of ether oxygens (including phenoxy) is 1. The molecule has 0 aliphatic heterocycles. The van der Waals surface area contributed by atoms with Crippen molar-refractivity contribution in [3.05, 3.63) is 6.20 Å². The molecule has 0 aliphatic rings. The lowest BCUT2D eigenvalue weighted by Gasteiger charge is -2.00. The van der Waals surface area contributed by atoms with E-state index in [4.69, 9.17) is 10.5 Å². The van der Waals surface area contributed by atoms with Gasteiger partial charge >= 0.3 is 0 Å². The van der Waals surface area contributed by atoms with Crippen LogP contribution in [0, 0.1) is 0 Å². The normalized spacial score (nSPS) is 10.2. The molecule has 0 saturated heterocycles. The lowest BCUT2D eigenvalue weighted by atomic mass is 10.2. The first kappa shape index (κ1) is 10.3. The van der Waals surface area contributed by atoms with Gasteiger partial charge in [0, 0.05) is 0 Å². The molecule has 13 heavy (non-hydrogen) atoms. The minimum Gasteiger partial charge on any atom is -0.470 e. The minimum atomic E-state index is 0.689. The molecule has 1 aromatic heterocycles. The zero-order valence-corrected chi connectivity index (χ0v) is 8.77. The average Bonchev–Trinajstić information content (AvgIpc) is 2.51. The Balaban J connectivity index is 2.06. The minimum absolute atomic E-state index is 0.689. The van der Waals surface area contributed by atoms with Crippen LogP contribution < -0.4 is 10.5 Å². The number of aromatic nitrogens is 1. The highest BCUT2D eigenvalue weighted by molar-refractivity contribution is 7.17. The second-order valence-electron chi connectivity index (χ2n) is 2.94. The van der Waals surface area contributed by atoms with E-state index in [0.29, 0.717) is 10.2 Å². The monoisotopic (exact) mass is 200 g/mol. The molecule has 4 heteroatoms. The van der Waals surface area contributed by atoms with Crippen molar-refractivity contribution in [3.8, 4) is 5.19 Å². The van der Waals surface area contributed by atoms with E-state index in [1.165, 1.54) is 30.6 Å². The van der Waals surface area contributed by atoms with Crippen LogP contribution in [0.4, 0.5) is 5.00 Å². The molecule has 74 valence electrons. The topological polar surface area (TPSA) is 48.1 Å². The molecule has 0 fully saturated rings. The first-order valence-corrected chi connectivity index (χ1v) is 5.48. The summed E-state index contributed by atoms with van der Waals surface area (Å²) in [5.74, 6) is 0. The van der Waals surface area contributed by atoms with Crippen LogP contribution in [0.25, 0.3) is 0 Å². The predicted molar refractivity (Wildman–Crippen MR) is 56.2 cm³/mol. The Labute approximate surface area is 82.9 Å².